The summed E-state index contributed by atoms with van der Waals surface area (Å²) in [6, 6.07) is 5.75. The number of piperidine rings is 1. The normalized spacial score (nSPS) is 16.0. The second-order valence-electron chi connectivity index (χ2n) is 6.08. The Balaban J connectivity index is 1.76. The first-order valence-corrected chi connectivity index (χ1v) is 8.15. The van der Waals surface area contributed by atoms with Crippen molar-refractivity contribution in [2.75, 3.05) is 13.1 Å². The Morgan fingerprint density at radius 1 is 1.14 bits per heavy atom. The molecule has 1 aromatic heterocycles. The largest absolute Gasteiger partial charge is 0.432 e. The molecule has 0 spiro atoms. The molecule has 4 nitrogen and oxygen atoms in total. The summed E-state index contributed by atoms with van der Waals surface area (Å²) < 4.78 is 5.86. The van der Waals surface area contributed by atoms with Gasteiger partial charge in [-0.15, -0.1) is 0 Å². The highest BCUT2D eigenvalue weighted by atomic mass is 32.1. The lowest BCUT2D eigenvalue weighted by atomic mass is 10.00. The van der Waals surface area contributed by atoms with E-state index in [1.54, 1.807) is 0 Å². The Kier molecular flexibility index (Phi) is 4.25. The van der Waals surface area contributed by atoms with Crippen LogP contribution < -0.4 is 4.74 Å². The zero-order chi connectivity index (χ0) is 15.7. The van der Waals surface area contributed by atoms with Crippen LogP contribution in [0.5, 0.6) is 5.75 Å². The van der Waals surface area contributed by atoms with Gasteiger partial charge < -0.3 is 9.64 Å². The number of hydrogen-bond donors (Lipinski definition) is 0. The van der Waals surface area contributed by atoms with E-state index in [2.05, 4.69) is 21.8 Å². The molecule has 1 aliphatic rings. The van der Waals surface area contributed by atoms with Crippen molar-refractivity contribution in [3.05, 3.63) is 29.6 Å². The maximum atomic E-state index is 5.86. The quantitative estimate of drug-likeness (QED) is 0.751. The van der Waals surface area contributed by atoms with Crippen molar-refractivity contribution in [1.29, 1.82) is 0 Å². The minimum absolute atomic E-state index is 0.558. The number of nitrogens with zero attached hydrogens (tertiary/aromatic N) is 3. The van der Waals surface area contributed by atoms with Crippen LogP contribution in [0.2, 0.25) is 0 Å². The number of likely N-dealkylation sites (tertiary alicyclic amines) is 1. The van der Waals surface area contributed by atoms with Crippen LogP contribution in [-0.4, -0.2) is 33.1 Å². The standard InChI is InChI=1S/C17H21N3OS/c1-11-6-8-20(9-7-11)17(22)21-14-4-5-15-16(10-14)19-13(3)12(2)18-15/h4-5,10-11H,6-9H2,1-3H3. The van der Waals surface area contributed by atoms with E-state index in [0.717, 1.165) is 47.2 Å². The second kappa shape index (κ2) is 6.16. The van der Waals surface area contributed by atoms with Crippen LogP contribution in [0, 0.1) is 19.8 Å². The number of ether oxygens (including phenoxy) is 1. The lowest BCUT2D eigenvalue weighted by molar-refractivity contribution is 0.254. The molecular weight excluding hydrogens is 294 g/mol. The summed E-state index contributed by atoms with van der Waals surface area (Å²) in [5.74, 6) is 1.51. The van der Waals surface area contributed by atoms with Gasteiger partial charge in [-0.3, -0.25) is 0 Å². The minimum atomic E-state index is 0.558. The van der Waals surface area contributed by atoms with Gasteiger partial charge in [0.2, 0.25) is 0 Å². The first-order chi connectivity index (χ1) is 10.5. The molecule has 0 atom stereocenters. The molecule has 116 valence electrons. The van der Waals surface area contributed by atoms with Crippen LogP contribution in [0.3, 0.4) is 0 Å². The van der Waals surface area contributed by atoms with E-state index in [9.17, 15) is 0 Å². The molecule has 1 saturated heterocycles. The fourth-order valence-corrected chi connectivity index (χ4v) is 2.91. The number of hydrogen-bond acceptors (Lipinski definition) is 4. The maximum Gasteiger partial charge on any atom is 0.264 e. The minimum Gasteiger partial charge on any atom is -0.432 e. The molecule has 1 aliphatic heterocycles. The van der Waals surface area contributed by atoms with Gasteiger partial charge in [-0.25, -0.2) is 9.97 Å². The van der Waals surface area contributed by atoms with Crippen LogP contribution in [0.1, 0.15) is 31.2 Å². The molecule has 5 heteroatoms. The zero-order valence-corrected chi connectivity index (χ0v) is 14.1. The molecule has 0 bridgehead atoms. The summed E-state index contributed by atoms with van der Waals surface area (Å²) in [6.45, 7) is 8.18. The lowest BCUT2D eigenvalue weighted by Gasteiger charge is -2.31. The number of rotatable bonds is 1. The van der Waals surface area contributed by atoms with Gasteiger partial charge >= 0.3 is 0 Å². The lowest BCUT2D eigenvalue weighted by Crippen LogP contribution is -2.39. The maximum absolute atomic E-state index is 5.86. The van der Waals surface area contributed by atoms with Gasteiger partial charge in [0.1, 0.15) is 5.75 Å². The van der Waals surface area contributed by atoms with Crippen molar-refractivity contribution in [2.24, 2.45) is 5.92 Å². The Morgan fingerprint density at radius 3 is 2.45 bits per heavy atom. The third-order valence-electron chi connectivity index (χ3n) is 4.29. The van der Waals surface area contributed by atoms with Gasteiger partial charge in [0.15, 0.2) is 0 Å². The summed E-state index contributed by atoms with van der Waals surface area (Å²) in [6.07, 6.45) is 2.34. The van der Waals surface area contributed by atoms with Crippen molar-refractivity contribution < 1.29 is 4.74 Å². The van der Waals surface area contributed by atoms with E-state index in [-0.39, 0.29) is 0 Å². The zero-order valence-electron chi connectivity index (χ0n) is 13.3. The average Bonchev–Trinajstić information content (AvgIpc) is 2.49. The molecule has 1 aromatic carbocycles. The first-order valence-electron chi connectivity index (χ1n) is 7.74. The number of benzene rings is 1. The number of thiocarbonyl (C=S) groups is 1. The highest BCUT2D eigenvalue weighted by Gasteiger charge is 2.19. The van der Waals surface area contributed by atoms with Crippen molar-refractivity contribution >= 4 is 28.4 Å². The van der Waals surface area contributed by atoms with E-state index in [4.69, 9.17) is 17.0 Å². The van der Waals surface area contributed by atoms with Crippen molar-refractivity contribution in [3.8, 4) is 5.75 Å². The molecule has 0 radical (unpaired) electrons. The van der Waals surface area contributed by atoms with Gasteiger partial charge in [0.25, 0.3) is 5.17 Å². The van der Waals surface area contributed by atoms with Gasteiger partial charge in [0, 0.05) is 19.2 Å². The Labute approximate surface area is 136 Å². The van der Waals surface area contributed by atoms with Crippen LogP contribution in [0.25, 0.3) is 11.0 Å². The predicted molar refractivity (Wildman–Crippen MR) is 92.2 cm³/mol. The highest BCUT2D eigenvalue weighted by molar-refractivity contribution is 7.80. The van der Waals surface area contributed by atoms with Crippen LogP contribution in [-0.2, 0) is 0 Å². The summed E-state index contributed by atoms with van der Waals surface area (Å²) in [7, 11) is 0. The smallest absolute Gasteiger partial charge is 0.264 e. The predicted octanol–water partition coefficient (Wildman–Crippen LogP) is 3.64. The molecule has 0 amide bonds. The molecule has 0 saturated carbocycles. The van der Waals surface area contributed by atoms with E-state index >= 15 is 0 Å². The molecule has 1 fully saturated rings. The first kappa shape index (κ1) is 15.2. The van der Waals surface area contributed by atoms with Crippen molar-refractivity contribution in [1.82, 2.24) is 14.9 Å². The molecule has 2 aromatic rings. The van der Waals surface area contributed by atoms with Crippen LogP contribution in [0.15, 0.2) is 18.2 Å². The van der Waals surface area contributed by atoms with Gasteiger partial charge in [-0.05, 0) is 57.0 Å². The van der Waals surface area contributed by atoms with Crippen LogP contribution >= 0.6 is 12.2 Å². The van der Waals surface area contributed by atoms with E-state index in [0.29, 0.717) is 5.17 Å². The number of aromatic nitrogens is 2. The third-order valence-corrected chi connectivity index (χ3v) is 4.64. The Morgan fingerprint density at radius 2 is 1.77 bits per heavy atom. The second-order valence-corrected chi connectivity index (χ2v) is 6.43. The topological polar surface area (TPSA) is 38.2 Å². The van der Waals surface area contributed by atoms with E-state index in [1.807, 2.05) is 32.0 Å². The molecule has 0 unspecified atom stereocenters. The van der Waals surface area contributed by atoms with Gasteiger partial charge in [-0.2, -0.15) is 0 Å². The molecular formula is C17H21N3OS. The summed E-state index contributed by atoms with van der Waals surface area (Å²) in [5.41, 5.74) is 3.63. The molecule has 0 N–H and O–H groups in total. The summed E-state index contributed by atoms with van der Waals surface area (Å²) in [5, 5.41) is 0.558. The average molecular weight is 315 g/mol. The van der Waals surface area contributed by atoms with E-state index in [1.165, 1.54) is 12.8 Å². The fourth-order valence-electron chi connectivity index (χ4n) is 2.63. The molecule has 3 rings (SSSR count). The number of aryl methyl sites for hydroxylation is 2. The third kappa shape index (κ3) is 3.19. The van der Waals surface area contributed by atoms with Gasteiger partial charge in [0.05, 0.1) is 22.4 Å². The Bertz CT molecular complexity index is 708. The number of fused-ring (bicyclic) bond motifs is 1. The highest BCUT2D eigenvalue weighted by Crippen LogP contribution is 2.22. The van der Waals surface area contributed by atoms with E-state index < -0.39 is 0 Å². The molecule has 0 aliphatic carbocycles. The molecule has 22 heavy (non-hydrogen) atoms. The fraction of sp³-hybridized carbons (Fsp3) is 0.471. The molecule has 2 heterocycles. The van der Waals surface area contributed by atoms with Crippen LogP contribution in [0.4, 0.5) is 0 Å². The van der Waals surface area contributed by atoms with Gasteiger partial charge in [-0.1, -0.05) is 6.92 Å². The monoisotopic (exact) mass is 315 g/mol. The Hall–Kier alpha value is -1.75. The van der Waals surface area contributed by atoms with Crippen molar-refractivity contribution in [2.45, 2.75) is 33.6 Å². The summed E-state index contributed by atoms with van der Waals surface area (Å²) in [4.78, 5) is 11.2. The summed E-state index contributed by atoms with van der Waals surface area (Å²) >= 11 is 5.43. The SMILES string of the molecule is Cc1nc2ccc(OC(=S)N3CCC(C)CC3)cc2nc1C. The van der Waals surface area contributed by atoms with Crippen molar-refractivity contribution in [3.63, 3.8) is 0 Å².